The van der Waals surface area contributed by atoms with E-state index in [0.717, 1.165) is 0 Å². The van der Waals surface area contributed by atoms with Crippen LogP contribution in [0.4, 0.5) is 0 Å². The van der Waals surface area contributed by atoms with Crippen LogP contribution in [-0.4, -0.2) is 73.4 Å². The van der Waals surface area contributed by atoms with Crippen molar-refractivity contribution in [2.75, 3.05) is 19.6 Å². The number of hydrogen-bond donors (Lipinski definition) is 1. The molecule has 0 unspecified atom stereocenters. The minimum atomic E-state index is -1.15. The van der Waals surface area contributed by atoms with Gasteiger partial charge in [-0.15, -0.1) is 5.10 Å². The van der Waals surface area contributed by atoms with E-state index in [1.54, 1.807) is 0 Å². The van der Waals surface area contributed by atoms with Crippen LogP contribution in [0.5, 0.6) is 0 Å². The van der Waals surface area contributed by atoms with Gasteiger partial charge in [-0.1, -0.05) is 5.21 Å². The molecule has 0 bridgehead atoms. The Labute approximate surface area is 121 Å². The summed E-state index contributed by atoms with van der Waals surface area (Å²) in [5, 5.41) is 15.9. The molecule has 1 aliphatic heterocycles. The van der Waals surface area contributed by atoms with E-state index in [2.05, 4.69) is 10.3 Å². The molecule has 1 aliphatic rings. The molecule has 2 heterocycles. The van der Waals surface area contributed by atoms with E-state index >= 15 is 0 Å². The van der Waals surface area contributed by atoms with Crippen molar-refractivity contribution in [3.8, 4) is 0 Å². The Kier molecular flexibility index (Phi) is 4.20. The van der Waals surface area contributed by atoms with Gasteiger partial charge in [-0.3, -0.25) is 9.59 Å². The van der Waals surface area contributed by atoms with Gasteiger partial charge in [0.05, 0.1) is 12.7 Å². The van der Waals surface area contributed by atoms with E-state index in [-0.39, 0.29) is 11.7 Å². The number of amides is 2. The molecule has 1 aromatic heterocycles. The minimum Gasteiger partial charge on any atom is -0.476 e. The number of hydrogen-bond acceptors (Lipinski definition) is 5. The van der Waals surface area contributed by atoms with E-state index in [0.29, 0.717) is 26.2 Å². The number of nitrogens with zero attached hydrogens (tertiary/aromatic N) is 5. The van der Waals surface area contributed by atoms with Crippen LogP contribution in [0.15, 0.2) is 6.20 Å². The number of rotatable bonds is 5. The minimum absolute atomic E-state index is 0.00274. The van der Waals surface area contributed by atoms with Crippen molar-refractivity contribution >= 4 is 17.8 Å². The first-order valence-electron chi connectivity index (χ1n) is 6.63. The molecule has 114 valence electrons. The summed E-state index contributed by atoms with van der Waals surface area (Å²) in [6.07, 6.45) is 1.29. The van der Waals surface area contributed by atoms with Gasteiger partial charge in [0.15, 0.2) is 5.69 Å². The lowest BCUT2D eigenvalue weighted by Crippen LogP contribution is -2.56. The monoisotopic (exact) mass is 295 g/mol. The maximum Gasteiger partial charge on any atom is 0.358 e. The molecule has 0 spiro atoms. The van der Waals surface area contributed by atoms with Crippen molar-refractivity contribution in [2.45, 2.75) is 26.4 Å². The molecule has 2 rings (SSSR count). The smallest absolute Gasteiger partial charge is 0.358 e. The van der Waals surface area contributed by atoms with Gasteiger partial charge in [0.2, 0.25) is 0 Å². The summed E-state index contributed by atoms with van der Waals surface area (Å²) in [5.74, 6) is -2.19. The van der Waals surface area contributed by atoms with Gasteiger partial charge in [0.25, 0.3) is 0 Å². The first-order chi connectivity index (χ1) is 9.90. The van der Waals surface area contributed by atoms with Gasteiger partial charge < -0.3 is 14.9 Å². The summed E-state index contributed by atoms with van der Waals surface area (Å²) < 4.78 is 1.34. The molecule has 9 nitrogen and oxygen atoms in total. The van der Waals surface area contributed by atoms with Gasteiger partial charge in [-0.25, -0.2) is 9.48 Å². The number of aromatic nitrogens is 3. The molecule has 0 radical (unpaired) electrons. The molecule has 0 aliphatic carbocycles. The maximum absolute atomic E-state index is 12.0. The Morgan fingerprint density at radius 2 is 2.00 bits per heavy atom. The van der Waals surface area contributed by atoms with E-state index in [1.165, 1.54) is 20.7 Å². The van der Waals surface area contributed by atoms with Crippen molar-refractivity contribution in [1.29, 1.82) is 0 Å². The third-order valence-corrected chi connectivity index (χ3v) is 3.32. The Balaban J connectivity index is 1.93. The molecular weight excluding hydrogens is 278 g/mol. The average Bonchev–Trinajstić information content (AvgIpc) is 2.89. The van der Waals surface area contributed by atoms with Crippen LogP contribution in [0.1, 0.15) is 24.3 Å². The number of carbonyl (C=O) groups is 3. The molecular formula is C12H17N5O4. The highest BCUT2D eigenvalue weighted by Gasteiger charge is 2.33. The van der Waals surface area contributed by atoms with Crippen LogP contribution >= 0.6 is 0 Å². The normalized spacial score (nSPS) is 16.0. The van der Waals surface area contributed by atoms with Crippen LogP contribution in [0.3, 0.4) is 0 Å². The van der Waals surface area contributed by atoms with Crippen molar-refractivity contribution < 1.29 is 19.5 Å². The van der Waals surface area contributed by atoms with Crippen LogP contribution < -0.4 is 0 Å². The Morgan fingerprint density at radius 3 is 2.57 bits per heavy atom. The number of aromatic carboxylic acids is 1. The molecule has 2 amide bonds. The molecule has 1 saturated heterocycles. The molecule has 0 saturated carbocycles. The standard InChI is InChI=1S/C12H17N5O4/c1-8(2)17-6-4-15(10(18)11(17)19)3-5-16-7-9(12(20)21)13-14-16/h7-8H,3-6H2,1-2H3,(H,20,21). The molecule has 1 N–H and O–H groups in total. The van der Waals surface area contributed by atoms with Crippen molar-refractivity contribution in [3.05, 3.63) is 11.9 Å². The SMILES string of the molecule is CC(C)N1CCN(CCn2cc(C(=O)O)nn2)C(=O)C1=O. The second kappa shape index (κ2) is 5.90. The number of carbonyl (C=O) groups excluding carboxylic acids is 2. The van der Waals surface area contributed by atoms with Gasteiger partial charge in [0, 0.05) is 25.7 Å². The lowest BCUT2D eigenvalue weighted by Gasteiger charge is -2.35. The lowest BCUT2D eigenvalue weighted by atomic mass is 10.2. The summed E-state index contributed by atoms with van der Waals surface area (Å²) >= 11 is 0. The van der Waals surface area contributed by atoms with Gasteiger partial charge in [-0.2, -0.15) is 0 Å². The fourth-order valence-corrected chi connectivity index (χ4v) is 2.12. The van der Waals surface area contributed by atoms with E-state index in [4.69, 9.17) is 5.11 Å². The molecule has 0 aromatic carbocycles. The maximum atomic E-state index is 12.0. The van der Waals surface area contributed by atoms with Gasteiger partial charge in [0.1, 0.15) is 0 Å². The molecule has 9 heteroatoms. The largest absolute Gasteiger partial charge is 0.476 e. The summed E-state index contributed by atoms with van der Waals surface area (Å²) in [6, 6.07) is -0.00274. The fraction of sp³-hybridized carbons (Fsp3) is 0.583. The van der Waals surface area contributed by atoms with Gasteiger partial charge in [-0.05, 0) is 13.8 Å². The highest BCUT2D eigenvalue weighted by molar-refractivity contribution is 6.35. The molecule has 21 heavy (non-hydrogen) atoms. The summed E-state index contributed by atoms with van der Waals surface area (Å²) in [7, 11) is 0. The molecule has 1 aromatic rings. The summed E-state index contributed by atoms with van der Waals surface area (Å²) in [4.78, 5) is 37.5. The number of piperazine rings is 1. The second-order valence-corrected chi connectivity index (χ2v) is 5.06. The number of carboxylic acid groups (broad SMARTS) is 1. The van der Waals surface area contributed by atoms with E-state index < -0.39 is 17.8 Å². The Hall–Kier alpha value is -2.45. The van der Waals surface area contributed by atoms with E-state index in [1.807, 2.05) is 13.8 Å². The Bertz CT molecular complexity index is 568. The summed E-state index contributed by atoms with van der Waals surface area (Å²) in [5.41, 5.74) is -0.151. The van der Waals surface area contributed by atoms with Crippen LogP contribution in [0, 0.1) is 0 Å². The molecule has 1 fully saturated rings. The fourth-order valence-electron chi connectivity index (χ4n) is 2.12. The van der Waals surface area contributed by atoms with Crippen LogP contribution in [0.2, 0.25) is 0 Å². The van der Waals surface area contributed by atoms with Crippen molar-refractivity contribution in [3.63, 3.8) is 0 Å². The lowest BCUT2D eigenvalue weighted by molar-refractivity contribution is -0.157. The molecule has 0 atom stereocenters. The first-order valence-corrected chi connectivity index (χ1v) is 6.63. The predicted octanol–water partition coefficient (Wildman–Crippen LogP) is -0.944. The Morgan fingerprint density at radius 1 is 1.29 bits per heavy atom. The zero-order valence-electron chi connectivity index (χ0n) is 11.9. The highest BCUT2D eigenvalue weighted by atomic mass is 16.4. The quantitative estimate of drug-likeness (QED) is 0.702. The zero-order valence-corrected chi connectivity index (χ0v) is 11.9. The van der Waals surface area contributed by atoms with Crippen LogP contribution in [-0.2, 0) is 16.1 Å². The average molecular weight is 295 g/mol. The van der Waals surface area contributed by atoms with Crippen molar-refractivity contribution in [2.24, 2.45) is 0 Å². The number of carboxylic acids is 1. The predicted molar refractivity (Wildman–Crippen MR) is 70.4 cm³/mol. The second-order valence-electron chi connectivity index (χ2n) is 5.06. The zero-order chi connectivity index (χ0) is 15.6. The van der Waals surface area contributed by atoms with Gasteiger partial charge >= 0.3 is 17.8 Å². The van der Waals surface area contributed by atoms with E-state index in [9.17, 15) is 14.4 Å². The highest BCUT2D eigenvalue weighted by Crippen LogP contribution is 2.09. The third-order valence-electron chi connectivity index (χ3n) is 3.32. The summed E-state index contributed by atoms with van der Waals surface area (Å²) in [6.45, 7) is 5.27. The topological polar surface area (TPSA) is 109 Å². The van der Waals surface area contributed by atoms with Crippen molar-refractivity contribution in [1.82, 2.24) is 24.8 Å². The van der Waals surface area contributed by atoms with Crippen LogP contribution in [0.25, 0.3) is 0 Å². The first kappa shape index (κ1) is 14.9. The third kappa shape index (κ3) is 3.18.